The molecule has 0 N–H and O–H groups in total. The number of Topliss-reactive ketones (excluding diaryl/α,β-unsaturated/α-hetero) is 1. The third kappa shape index (κ3) is 4.50. The van der Waals surface area contributed by atoms with Crippen molar-refractivity contribution in [3.05, 3.63) is 43.2 Å². The molecule has 1 aliphatic rings. The highest BCUT2D eigenvalue weighted by Gasteiger charge is 2.22. The number of methoxy groups -OCH3 is 1. The number of thioether (sulfide) groups is 1. The molecular weight excluding hydrogens is 424 g/mol. The summed E-state index contributed by atoms with van der Waals surface area (Å²) in [4.78, 5) is 33.4. The largest absolute Gasteiger partial charge is 0.383 e. The normalized spacial score (nSPS) is 13.7. The number of fused-ring (bicyclic) bond motifs is 3. The van der Waals surface area contributed by atoms with Crippen LogP contribution in [-0.2, 0) is 24.1 Å². The van der Waals surface area contributed by atoms with E-state index in [1.165, 1.54) is 28.2 Å². The SMILES string of the molecule is COCCn1c(SCCCC(=O)c2cccs2)nc2sc3c(c2c1=O)CCCC3. The number of nitrogens with zero attached hydrogens (tertiary/aromatic N) is 2. The lowest BCUT2D eigenvalue weighted by Gasteiger charge is -2.13. The van der Waals surface area contributed by atoms with Gasteiger partial charge in [-0.15, -0.1) is 22.7 Å². The second kappa shape index (κ2) is 9.55. The minimum Gasteiger partial charge on any atom is -0.383 e. The lowest BCUT2D eigenvalue weighted by atomic mass is 9.97. The summed E-state index contributed by atoms with van der Waals surface area (Å²) in [5.74, 6) is 0.944. The Morgan fingerprint density at radius 2 is 2.21 bits per heavy atom. The topological polar surface area (TPSA) is 61.2 Å². The molecule has 0 saturated heterocycles. The van der Waals surface area contributed by atoms with Crippen LogP contribution in [0.15, 0.2) is 27.5 Å². The molecule has 0 aliphatic heterocycles. The van der Waals surface area contributed by atoms with Crippen LogP contribution >= 0.6 is 34.4 Å². The second-order valence-electron chi connectivity index (χ2n) is 7.09. The van der Waals surface area contributed by atoms with Crippen LogP contribution in [0.1, 0.15) is 45.8 Å². The van der Waals surface area contributed by atoms with Gasteiger partial charge >= 0.3 is 0 Å². The van der Waals surface area contributed by atoms with Gasteiger partial charge in [-0.2, -0.15) is 0 Å². The summed E-state index contributed by atoms with van der Waals surface area (Å²) in [7, 11) is 1.65. The third-order valence-corrected chi connectivity index (χ3v) is 8.29. The predicted molar refractivity (Wildman–Crippen MR) is 121 cm³/mol. The fourth-order valence-corrected chi connectivity index (χ4v) is 6.63. The Morgan fingerprint density at radius 3 is 3.00 bits per heavy atom. The fourth-order valence-electron chi connectivity index (χ4n) is 3.67. The molecule has 8 heteroatoms. The van der Waals surface area contributed by atoms with Crippen molar-refractivity contribution in [2.24, 2.45) is 0 Å². The first-order chi connectivity index (χ1) is 14.2. The first kappa shape index (κ1) is 20.8. The summed E-state index contributed by atoms with van der Waals surface area (Å²) in [5.41, 5.74) is 1.28. The van der Waals surface area contributed by atoms with Gasteiger partial charge in [0, 0.05) is 24.2 Å². The number of carbonyl (C=O) groups is 1. The summed E-state index contributed by atoms with van der Waals surface area (Å²) in [6.45, 7) is 0.975. The molecule has 4 rings (SSSR count). The molecule has 0 amide bonds. The summed E-state index contributed by atoms with van der Waals surface area (Å²) >= 11 is 4.73. The van der Waals surface area contributed by atoms with Gasteiger partial charge < -0.3 is 4.74 Å². The van der Waals surface area contributed by atoms with Gasteiger partial charge in [-0.1, -0.05) is 17.8 Å². The number of aryl methyl sites for hydroxylation is 2. The van der Waals surface area contributed by atoms with E-state index in [4.69, 9.17) is 9.72 Å². The Kier molecular flexibility index (Phi) is 6.85. The van der Waals surface area contributed by atoms with E-state index in [0.717, 1.165) is 51.7 Å². The molecule has 1 aliphatic carbocycles. The van der Waals surface area contributed by atoms with Gasteiger partial charge in [0.2, 0.25) is 0 Å². The van der Waals surface area contributed by atoms with E-state index in [-0.39, 0.29) is 11.3 Å². The first-order valence-corrected chi connectivity index (χ1v) is 12.6. The number of ketones is 1. The Hall–Kier alpha value is -1.48. The van der Waals surface area contributed by atoms with Crippen molar-refractivity contribution < 1.29 is 9.53 Å². The van der Waals surface area contributed by atoms with Crippen molar-refractivity contribution in [3.8, 4) is 0 Å². The molecule has 0 spiro atoms. The molecule has 0 saturated carbocycles. The maximum Gasteiger partial charge on any atom is 0.263 e. The number of hydrogen-bond donors (Lipinski definition) is 0. The molecule has 0 fully saturated rings. The lowest BCUT2D eigenvalue weighted by Crippen LogP contribution is -2.25. The van der Waals surface area contributed by atoms with E-state index in [2.05, 4.69) is 0 Å². The monoisotopic (exact) mass is 448 g/mol. The number of hydrogen-bond acceptors (Lipinski definition) is 7. The van der Waals surface area contributed by atoms with Crippen LogP contribution < -0.4 is 5.56 Å². The van der Waals surface area contributed by atoms with Gasteiger partial charge in [-0.05, 0) is 49.1 Å². The Labute approximate surface area is 182 Å². The van der Waals surface area contributed by atoms with Gasteiger partial charge in [0.25, 0.3) is 5.56 Å². The Morgan fingerprint density at radius 1 is 1.34 bits per heavy atom. The van der Waals surface area contributed by atoms with Crippen molar-refractivity contribution in [2.45, 2.75) is 50.2 Å². The molecule has 0 radical (unpaired) electrons. The highest BCUT2D eigenvalue weighted by Crippen LogP contribution is 2.34. The van der Waals surface area contributed by atoms with Gasteiger partial charge in [0.15, 0.2) is 10.9 Å². The van der Waals surface area contributed by atoms with Crippen LogP contribution in [0.25, 0.3) is 10.2 Å². The van der Waals surface area contributed by atoms with Gasteiger partial charge in [-0.3, -0.25) is 14.2 Å². The van der Waals surface area contributed by atoms with Crippen molar-refractivity contribution in [3.63, 3.8) is 0 Å². The number of rotatable bonds is 9. The maximum absolute atomic E-state index is 13.3. The van der Waals surface area contributed by atoms with Crippen molar-refractivity contribution in [1.82, 2.24) is 9.55 Å². The highest BCUT2D eigenvalue weighted by atomic mass is 32.2. The highest BCUT2D eigenvalue weighted by molar-refractivity contribution is 7.99. The summed E-state index contributed by atoms with van der Waals surface area (Å²) < 4.78 is 6.99. The van der Waals surface area contributed by atoms with Crippen LogP contribution in [-0.4, -0.2) is 34.8 Å². The van der Waals surface area contributed by atoms with E-state index in [1.807, 2.05) is 17.5 Å². The minimum atomic E-state index is 0.0589. The zero-order valence-electron chi connectivity index (χ0n) is 16.4. The zero-order valence-corrected chi connectivity index (χ0v) is 18.9. The van der Waals surface area contributed by atoms with Crippen LogP contribution in [0.2, 0.25) is 0 Å². The zero-order chi connectivity index (χ0) is 20.2. The summed E-state index contributed by atoms with van der Waals surface area (Å²) in [5, 5.41) is 3.48. The molecule has 5 nitrogen and oxygen atoms in total. The number of ether oxygens (including phenoxy) is 1. The van der Waals surface area contributed by atoms with Gasteiger partial charge in [-0.25, -0.2) is 4.98 Å². The van der Waals surface area contributed by atoms with Crippen LogP contribution in [0.5, 0.6) is 0 Å². The molecule has 0 aromatic carbocycles. The molecule has 3 heterocycles. The van der Waals surface area contributed by atoms with Crippen molar-refractivity contribution in [2.75, 3.05) is 19.5 Å². The predicted octanol–water partition coefficient (Wildman–Crippen LogP) is 4.80. The minimum absolute atomic E-state index is 0.0589. The fraction of sp³-hybridized carbons (Fsp3) is 0.476. The Bertz CT molecular complexity index is 1050. The number of thiophene rings is 2. The van der Waals surface area contributed by atoms with Gasteiger partial charge in [0.1, 0.15) is 4.83 Å². The first-order valence-electron chi connectivity index (χ1n) is 9.92. The smallest absolute Gasteiger partial charge is 0.263 e. The molecule has 0 unspecified atom stereocenters. The number of carbonyl (C=O) groups excluding carboxylic acids is 1. The number of aromatic nitrogens is 2. The molecule has 3 aromatic rings. The van der Waals surface area contributed by atoms with E-state index in [9.17, 15) is 9.59 Å². The molecule has 0 bridgehead atoms. The third-order valence-electron chi connectivity index (χ3n) is 5.13. The van der Waals surface area contributed by atoms with Crippen LogP contribution in [0.4, 0.5) is 0 Å². The van der Waals surface area contributed by atoms with E-state index in [1.54, 1.807) is 34.8 Å². The average molecular weight is 449 g/mol. The van der Waals surface area contributed by atoms with E-state index < -0.39 is 0 Å². The van der Waals surface area contributed by atoms with Crippen LogP contribution in [0.3, 0.4) is 0 Å². The van der Waals surface area contributed by atoms with E-state index in [0.29, 0.717) is 19.6 Å². The molecule has 0 atom stereocenters. The van der Waals surface area contributed by atoms with Crippen molar-refractivity contribution >= 4 is 50.4 Å². The molecule has 154 valence electrons. The van der Waals surface area contributed by atoms with E-state index >= 15 is 0 Å². The molecule has 29 heavy (non-hydrogen) atoms. The van der Waals surface area contributed by atoms with Gasteiger partial charge in [0.05, 0.1) is 23.4 Å². The summed E-state index contributed by atoms with van der Waals surface area (Å²) in [6.07, 6.45) is 5.66. The molecule has 3 aromatic heterocycles. The molecular formula is C21H24N2O3S3. The quantitative estimate of drug-likeness (QED) is 0.204. The van der Waals surface area contributed by atoms with Crippen molar-refractivity contribution in [1.29, 1.82) is 0 Å². The van der Waals surface area contributed by atoms with Crippen LogP contribution in [0, 0.1) is 0 Å². The second-order valence-corrected chi connectivity index (χ2v) is 10.2. The summed E-state index contributed by atoms with van der Waals surface area (Å²) in [6, 6.07) is 3.78. The average Bonchev–Trinajstić information content (AvgIpc) is 3.38. The maximum atomic E-state index is 13.3. The lowest BCUT2D eigenvalue weighted by molar-refractivity contribution is 0.0986. The standard InChI is InChI=1S/C21H24N2O3S3/c1-26-11-10-23-20(25)18-14-6-2-3-8-16(14)29-19(18)22-21(23)28-13-4-7-15(24)17-9-5-12-27-17/h5,9,12H,2-4,6-8,10-11,13H2,1H3. The Balaban J connectivity index is 1.54.